The van der Waals surface area contributed by atoms with Crippen molar-refractivity contribution in [2.45, 2.75) is 0 Å². The minimum absolute atomic E-state index is 0.153. The van der Waals surface area contributed by atoms with E-state index in [0.29, 0.717) is 11.3 Å². The lowest BCUT2D eigenvalue weighted by Gasteiger charge is -2.04. The molecule has 7 nitrogen and oxygen atoms in total. The van der Waals surface area contributed by atoms with Crippen LogP contribution in [0.5, 0.6) is 0 Å². The number of benzene rings is 2. The van der Waals surface area contributed by atoms with Gasteiger partial charge in [0.1, 0.15) is 0 Å². The van der Waals surface area contributed by atoms with E-state index in [4.69, 9.17) is 5.73 Å². The number of hydrazone groups is 1. The molecule has 4 N–H and O–H groups in total. The van der Waals surface area contributed by atoms with Crippen molar-refractivity contribution in [3.63, 3.8) is 0 Å². The van der Waals surface area contributed by atoms with Crippen LogP contribution in [0.25, 0.3) is 11.3 Å². The number of para-hydroxylation sites is 1. The summed E-state index contributed by atoms with van der Waals surface area (Å²) in [5.74, 6) is 0.153. The van der Waals surface area contributed by atoms with Crippen molar-refractivity contribution in [1.82, 2.24) is 15.2 Å². The summed E-state index contributed by atoms with van der Waals surface area (Å²) in [6.07, 6.45) is 1.61. The van der Waals surface area contributed by atoms with Gasteiger partial charge >= 0.3 is 0 Å². The largest absolute Gasteiger partial charge is 0.398 e. The Morgan fingerprint density at radius 1 is 1.04 bits per heavy atom. The summed E-state index contributed by atoms with van der Waals surface area (Å²) in [6.45, 7) is 0. The Morgan fingerprint density at radius 3 is 2.52 bits per heavy atom. The maximum Gasteiger partial charge on any atom is 0.279 e. The third-order valence-electron chi connectivity index (χ3n) is 3.10. The quantitative estimate of drug-likeness (QED) is 0.387. The summed E-state index contributed by atoms with van der Waals surface area (Å²) in [4.78, 5) is 14.7. The number of aromatic amines is 1. The molecule has 23 heavy (non-hydrogen) atoms. The molecule has 0 saturated heterocycles. The first kappa shape index (κ1) is 14.5. The first-order chi connectivity index (χ1) is 11.2. The van der Waals surface area contributed by atoms with Gasteiger partial charge in [-0.25, -0.2) is 5.43 Å². The fourth-order valence-electron chi connectivity index (χ4n) is 1.98. The van der Waals surface area contributed by atoms with Gasteiger partial charge in [0.15, 0.2) is 5.69 Å². The van der Waals surface area contributed by atoms with Gasteiger partial charge in [-0.1, -0.05) is 48.5 Å². The Bertz CT molecular complexity index is 888. The Kier molecular flexibility index (Phi) is 4.10. The second-order valence-electron chi connectivity index (χ2n) is 4.72. The van der Waals surface area contributed by atoms with Crippen LogP contribution in [0.15, 0.2) is 64.5 Å². The fraction of sp³-hybridized carbons (Fsp3) is 0. The molecule has 0 unspecified atom stereocenters. The Labute approximate surface area is 131 Å². The Balaban J connectivity index is 1.79. The molecule has 3 rings (SSSR count). The summed E-state index contributed by atoms with van der Waals surface area (Å²) < 4.78 is 0. The van der Waals surface area contributed by atoms with Crippen LogP contribution in [0, 0.1) is 0 Å². The lowest BCUT2D eigenvalue weighted by Crippen LogP contribution is -2.16. The first-order valence-corrected chi connectivity index (χ1v) is 6.90. The van der Waals surface area contributed by atoms with E-state index in [1.807, 2.05) is 30.3 Å². The molecule has 3 aromatic rings. The number of hydrogen-bond donors (Lipinski definition) is 3. The highest BCUT2D eigenvalue weighted by atomic mass is 16.1. The third-order valence-corrected chi connectivity index (χ3v) is 3.10. The standard InChI is InChI=1S/C16H14N6O/c17-13-9-5-4-8-12(13)14-15(23)19-16(22-20-14)21-18-10-11-6-2-1-3-7-11/h1-10H,17H2,(H2,19,21,22,23)/b18-10+. The molecular weight excluding hydrogens is 292 g/mol. The number of nitrogen functional groups attached to an aromatic ring is 1. The number of nitrogens with two attached hydrogens (primary N) is 1. The van der Waals surface area contributed by atoms with Crippen LogP contribution in [-0.4, -0.2) is 21.4 Å². The van der Waals surface area contributed by atoms with E-state index in [9.17, 15) is 4.79 Å². The van der Waals surface area contributed by atoms with Gasteiger partial charge in [-0.15, -0.1) is 10.2 Å². The van der Waals surface area contributed by atoms with E-state index >= 15 is 0 Å². The van der Waals surface area contributed by atoms with Crippen molar-refractivity contribution >= 4 is 17.9 Å². The summed E-state index contributed by atoms with van der Waals surface area (Å²) in [5, 5.41) is 11.8. The maximum atomic E-state index is 12.1. The highest BCUT2D eigenvalue weighted by Crippen LogP contribution is 2.19. The lowest BCUT2D eigenvalue weighted by atomic mass is 10.1. The molecule has 114 valence electrons. The average molecular weight is 306 g/mol. The van der Waals surface area contributed by atoms with Gasteiger partial charge in [-0.05, 0) is 11.6 Å². The molecule has 0 fully saturated rings. The Morgan fingerprint density at radius 2 is 1.78 bits per heavy atom. The summed E-state index contributed by atoms with van der Waals surface area (Å²) in [5.41, 5.74) is 10.2. The fourth-order valence-corrected chi connectivity index (χ4v) is 1.98. The van der Waals surface area contributed by atoms with Crippen molar-refractivity contribution in [2.75, 3.05) is 11.2 Å². The maximum absolute atomic E-state index is 12.1. The summed E-state index contributed by atoms with van der Waals surface area (Å²) >= 11 is 0. The predicted octanol–water partition coefficient (Wildman–Crippen LogP) is 1.86. The molecule has 0 aliphatic carbocycles. The number of anilines is 2. The molecule has 0 amide bonds. The molecule has 0 aliphatic heterocycles. The highest BCUT2D eigenvalue weighted by molar-refractivity contribution is 5.79. The molecule has 0 saturated carbocycles. The van der Waals surface area contributed by atoms with Crippen LogP contribution in [-0.2, 0) is 0 Å². The van der Waals surface area contributed by atoms with Gasteiger partial charge in [0.2, 0.25) is 5.95 Å². The molecule has 1 heterocycles. The van der Waals surface area contributed by atoms with Gasteiger partial charge in [0.25, 0.3) is 5.56 Å². The van der Waals surface area contributed by atoms with Gasteiger partial charge in [-0.2, -0.15) is 5.10 Å². The van der Waals surface area contributed by atoms with E-state index in [1.165, 1.54) is 0 Å². The zero-order chi connectivity index (χ0) is 16.1. The molecule has 7 heteroatoms. The molecule has 1 aromatic heterocycles. The van der Waals surface area contributed by atoms with Crippen LogP contribution >= 0.6 is 0 Å². The minimum Gasteiger partial charge on any atom is -0.398 e. The van der Waals surface area contributed by atoms with Crippen LogP contribution in [0.1, 0.15) is 5.56 Å². The molecule has 0 atom stereocenters. The van der Waals surface area contributed by atoms with Gasteiger partial charge in [-0.3, -0.25) is 9.78 Å². The smallest absolute Gasteiger partial charge is 0.279 e. The number of H-pyrrole nitrogens is 1. The molecular formula is C16H14N6O. The zero-order valence-corrected chi connectivity index (χ0v) is 12.1. The summed E-state index contributed by atoms with van der Waals surface area (Å²) in [7, 11) is 0. The van der Waals surface area contributed by atoms with Crippen molar-refractivity contribution < 1.29 is 0 Å². The number of aromatic nitrogens is 3. The van der Waals surface area contributed by atoms with Crippen molar-refractivity contribution in [3.05, 3.63) is 70.5 Å². The van der Waals surface area contributed by atoms with Crippen molar-refractivity contribution in [3.8, 4) is 11.3 Å². The number of rotatable bonds is 4. The van der Waals surface area contributed by atoms with Gasteiger partial charge < -0.3 is 5.73 Å². The second kappa shape index (κ2) is 6.52. The normalized spacial score (nSPS) is 10.8. The molecule has 0 aliphatic rings. The first-order valence-electron chi connectivity index (χ1n) is 6.90. The van der Waals surface area contributed by atoms with E-state index in [-0.39, 0.29) is 11.6 Å². The lowest BCUT2D eigenvalue weighted by molar-refractivity contribution is 0.947. The topological polar surface area (TPSA) is 109 Å². The third kappa shape index (κ3) is 3.41. The monoisotopic (exact) mass is 306 g/mol. The molecule has 2 aromatic carbocycles. The second-order valence-corrected chi connectivity index (χ2v) is 4.72. The molecule has 0 radical (unpaired) electrons. The van der Waals surface area contributed by atoms with Crippen LogP contribution in [0.3, 0.4) is 0 Å². The van der Waals surface area contributed by atoms with Crippen LogP contribution < -0.4 is 16.7 Å². The van der Waals surface area contributed by atoms with E-state index in [1.54, 1.807) is 30.5 Å². The Hall–Kier alpha value is -3.48. The van der Waals surface area contributed by atoms with Gasteiger partial charge in [0, 0.05) is 11.3 Å². The number of hydrogen-bond acceptors (Lipinski definition) is 6. The molecule has 0 bridgehead atoms. The van der Waals surface area contributed by atoms with Gasteiger partial charge in [0.05, 0.1) is 6.21 Å². The van der Waals surface area contributed by atoms with E-state index in [2.05, 4.69) is 25.7 Å². The van der Waals surface area contributed by atoms with E-state index < -0.39 is 5.56 Å². The van der Waals surface area contributed by atoms with Crippen molar-refractivity contribution in [2.24, 2.45) is 5.10 Å². The zero-order valence-electron chi connectivity index (χ0n) is 12.1. The predicted molar refractivity (Wildman–Crippen MR) is 90.2 cm³/mol. The van der Waals surface area contributed by atoms with E-state index in [0.717, 1.165) is 5.56 Å². The average Bonchev–Trinajstić information content (AvgIpc) is 2.57. The molecule has 0 spiro atoms. The highest BCUT2D eigenvalue weighted by Gasteiger charge is 2.09. The van der Waals surface area contributed by atoms with Crippen molar-refractivity contribution in [1.29, 1.82) is 0 Å². The van der Waals surface area contributed by atoms with Crippen LogP contribution in [0.4, 0.5) is 11.6 Å². The van der Waals surface area contributed by atoms with Crippen LogP contribution in [0.2, 0.25) is 0 Å². The number of nitrogens with one attached hydrogen (secondary N) is 2. The number of nitrogens with zero attached hydrogens (tertiary/aromatic N) is 3. The summed E-state index contributed by atoms with van der Waals surface area (Å²) in [6, 6.07) is 16.5. The SMILES string of the molecule is Nc1ccccc1-c1nnc(N/N=C/c2ccccc2)[nH]c1=O. The minimum atomic E-state index is -0.393.